The van der Waals surface area contributed by atoms with Gasteiger partial charge in [-0.1, -0.05) is 85.0 Å². The van der Waals surface area contributed by atoms with Gasteiger partial charge in [0.15, 0.2) is 7.29 Å². The van der Waals surface area contributed by atoms with Crippen molar-refractivity contribution in [2.75, 3.05) is 0 Å². The van der Waals surface area contributed by atoms with Crippen molar-refractivity contribution in [2.24, 2.45) is 5.92 Å². The molecule has 2 aromatic rings. The number of rotatable bonds is 2. The Hall–Kier alpha value is -1.89. The van der Waals surface area contributed by atoms with Crippen LogP contribution in [0.2, 0.25) is 0 Å². The maximum Gasteiger partial charge on any atom is 0.187 e. The van der Waals surface area contributed by atoms with E-state index in [-0.39, 0.29) is 23.2 Å². The lowest BCUT2D eigenvalue weighted by atomic mass is 9.86. The standard InChI is InChI=1S/C23H26NOP/c1-23(2,3)24-22(18-12-6-4-7-13-18)20-16-10-11-17-21(20)26(24,25)19-14-8-5-9-15-19/h4-17,20-22H,1-3H3/t20-,21-,22+,26+/m0/s1. The molecule has 1 aliphatic carbocycles. The average Bonchev–Trinajstić information content (AvgIpc) is 2.94. The van der Waals surface area contributed by atoms with Crippen molar-refractivity contribution >= 4 is 12.6 Å². The van der Waals surface area contributed by atoms with Crippen molar-refractivity contribution in [3.05, 3.63) is 90.5 Å². The third-order valence-electron chi connectivity index (χ3n) is 5.45. The minimum absolute atomic E-state index is 0.0133. The third-order valence-corrected chi connectivity index (χ3v) is 9.31. The Morgan fingerprint density at radius 2 is 1.42 bits per heavy atom. The number of hydrogen-bond acceptors (Lipinski definition) is 1. The molecule has 134 valence electrons. The average molecular weight is 363 g/mol. The van der Waals surface area contributed by atoms with Crippen LogP contribution in [-0.4, -0.2) is 15.9 Å². The van der Waals surface area contributed by atoms with Crippen LogP contribution in [0.15, 0.2) is 85.0 Å². The van der Waals surface area contributed by atoms with Crippen LogP contribution in [-0.2, 0) is 4.57 Å². The zero-order chi connectivity index (χ0) is 18.4. The first kappa shape index (κ1) is 17.5. The first-order chi connectivity index (χ1) is 12.4. The van der Waals surface area contributed by atoms with Gasteiger partial charge in [-0.3, -0.25) is 0 Å². The van der Waals surface area contributed by atoms with Crippen LogP contribution < -0.4 is 5.30 Å². The van der Waals surface area contributed by atoms with Gasteiger partial charge < -0.3 is 4.57 Å². The molecule has 2 aliphatic rings. The Labute approximate surface area is 156 Å². The smallest absolute Gasteiger partial charge is 0.187 e. The van der Waals surface area contributed by atoms with Crippen molar-refractivity contribution in [1.29, 1.82) is 0 Å². The molecule has 4 atom stereocenters. The van der Waals surface area contributed by atoms with Crippen LogP contribution in [0.5, 0.6) is 0 Å². The largest absolute Gasteiger partial charge is 0.301 e. The maximum atomic E-state index is 14.8. The van der Waals surface area contributed by atoms with Crippen LogP contribution in [0.25, 0.3) is 0 Å². The van der Waals surface area contributed by atoms with E-state index >= 15 is 0 Å². The summed E-state index contributed by atoms with van der Waals surface area (Å²) in [5, 5.41) is 0.961. The van der Waals surface area contributed by atoms with E-state index in [1.54, 1.807) is 0 Å². The number of hydrogen-bond donors (Lipinski definition) is 0. The first-order valence-electron chi connectivity index (χ1n) is 9.29. The summed E-state index contributed by atoms with van der Waals surface area (Å²) in [5.41, 5.74) is 1.04. The quantitative estimate of drug-likeness (QED) is 0.652. The van der Waals surface area contributed by atoms with E-state index in [0.717, 1.165) is 5.30 Å². The second-order valence-corrected chi connectivity index (χ2v) is 11.0. The topological polar surface area (TPSA) is 20.3 Å². The molecule has 0 spiro atoms. The summed E-state index contributed by atoms with van der Waals surface area (Å²) in [6.45, 7) is 6.55. The van der Waals surface area contributed by atoms with E-state index in [1.807, 2.05) is 36.4 Å². The monoisotopic (exact) mass is 363 g/mol. The SMILES string of the molecule is CC(C)(C)N1[C@H](c2ccccc2)[C@H]2C=CC=C[C@@H]2[P@]1(=O)c1ccccc1. The number of allylic oxidation sites excluding steroid dienone is 3. The Bertz CT molecular complexity index is 879. The molecule has 0 amide bonds. The molecule has 1 fully saturated rings. The van der Waals surface area contributed by atoms with Crippen LogP contribution in [0.4, 0.5) is 0 Å². The molecule has 1 heterocycles. The molecule has 2 nitrogen and oxygen atoms in total. The van der Waals surface area contributed by atoms with E-state index < -0.39 is 7.29 Å². The van der Waals surface area contributed by atoms with Crippen LogP contribution in [0, 0.1) is 5.92 Å². The highest BCUT2D eigenvalue weighted by Gasteiger charge is 2.59. The summed E-state index contributed by atoms with van der Waals surface area (Å²) in [6.07, 6.45) is 8.59. The van der Waals surface area contributed by atoms with Gasteiger partial charge in [-0.15, -0.1) is 0 Å². The fourth-order valence-electron chi connectivity index (χ4n) is 4.56. The molecule has 0 N–H and O–H groups in total. The normalized spacial score (nSPS) is 31.1. The lowest BCUT2D eigenvalue weighted by molar-refractivity contribution is 0.187. The van der Waals surface area contributed by atoms with Crippen molar-refractivity contribution < 1.29 is 4.57 Å². The zero-order valence-electron chi connectivity index (χ0n) is 15.6. The van der Waals surface area contributed by atoms with E-state index in [2.05, 4.69) is 74.0 Å². The van der Waals surface area contributed by atoms with Gasteiger partial charge >= 0.3 is 0 Å². The van der Waals surface area contributed by atoms with Crippen LogP contribution in [0.1, 0.15) is 32.4 Å². The number of benzene rings is 2. The molecular weight excluding hydrogens is 337 g/mol. The Balaban J connectivity index is 1.97. The molecule has 0 aromatic heterocycles. The highest BCUT2D eigenvalue weighted by molar-refractivity contribution is 7.70. The van der Waals surface area contributed by atoms with E-state index in [0.29, 0.717) is 0 Å². The first-order valence-corrected chi connectivity index (χ1v) is 11.0. The molecule has 3 heteroatoms. The third kappa shape index (κ3) is 2.64. The highest BCUT2D eigenvalue weighted by Crippen LogP contribution is 2.70. The molecule has 1 aliphatic heterocycles. The number of nitrogens with zero attached hydrogens (tertiary/aromatic N) is 1. The van der Waals surface area contributed by atoms with Gasteiger partial charge in [0.25, 0.3) is 0 Å². The Kier molecular flexibility index (Phi) is 4.29. The summed E-state index contributed by atoms with van der Waals surface area (Å²) in [5.74, 6) is 0.215. The van der Waals surface area contributed by atoms with Gasteiger partial charge in [-0.2, -0.15) is 0 Å². The van der Waals surface area contributed by atoms with Gasteiger partial charge in [-0.25, -0.2) is 4.67 Å². The molecule has 0 unspecified atom stereocenters. The van der Waals surface area contributed by atoms with Crippen LogP contribution >= 0.6 is 7.29 Å². The molecule has 1 saturated heterocycles. The summed E-state index contributed by atoms with van der Waals surface area (Å²) in [7, 11) is -2.81. The second kappa shape index (κ2) is 6.37. The van der Waals surface area contributed by atoms with Gasteiger partial charge in [0, 0.05) is 22.8 Å². The predicted octanol–water partition coefficient (Wildman–Crippen LogP) is 5.56. The van der Waals surface area contributed by atoms with Gasteiger partial charge in [-0.05, 0) is 26.3 Å². The molecule has 2 aromatic carbocycles. The summed E-state index contributed by atoms with van der Waals surface area (Å²) in [4.78, 5) is 0. The van der Waals surface area contributed by atoms with Crippen molar-refractivity contribution in [2.45, 2.75) is 38.0 Å². The zero-order valence-corrected chi connectivity index (χ0v) is 16.5. The summed E-state index contributed by atoms with van der Waals surface area (Å²) < 4.78 is 17.1. The Morgan fingerprint density at radius 3 is 2.04 bits per heavy atom. The fraction of sp³-hybridized carbons (Fsp3) is 0.304. The minimum atomic E-state index is -2.81. The predicted molar refractivity (Wildman–Crippen MR) is 110 cm³/mol. The maximum absolute atomic E-state index is 14.8. The van der Waals surface area contributed by atoms with E-state index in [9.17, 15) is 4.57 Å². The molecule has 0 saturated carbocycles. The minimum Gasteiger partial charge on any atom is -0.301 e. The number of fused-ring (bicyclic) bond motifs is 1. The lowest BCUT2D eigenvalue weighted by Gasteiger charge is -2.42. The lowest BCUT2D eigenvalue weighted by Crippen LogP contribution is -2.41. The van der Waals surface area contributed by atoms with Crippen LogP contribution in [0.3, 0.4) is 0 Å². The molecule has 26 heavy (non-hydrogen) atoms. The highest BCUT2D eigenvalue weighted by atomic mass is 31.2. The van der Waals surface area contributed by atoms with Gasteiger partial charge in [0.05, 0.1) is 5.66 Å². The van der Waals surface area contributed by atoms with E-state index in [4.69, 9.17) is 0 Å². The van der Waals surface area contributed by atoms with Gasteiger partial charge in [0.2, 0.25) is 0 Å². The van der Waals surface area contributed by atoms with Gasteiger partial charge in [0.1, 0.15) is 0 Å². The van der Waals surface area contributed by atoms with E-state index in [1.165, 1.54) is 5.56 Å². The van der Waals surface area contributed by atoms with Crippen molar-refractivity contribution in [1.82, 2.24) is 4.67 Å². The molecular formula is C23H26NOP. The molecule has 0 radical (unpaired) electrons. The fourth-order valence-corrected chi connectivity index (χ4v) is 8.65. The summed E-state index contributed by atoms with van der Waals surface area (Å²) >= 11 is 0. The second-order valence-electron chi connectivity index (χ2n) is 8.17. The summed E-state index contributed by atoms with van der Waals surface area (Å²) in [6, 6.07) is 20.7. The van der Waals surface area contributed by atoms with Crippen molar-refractivity contribution in [3.63, 3.8) is 0 Å². The molecule has 4 rings (SSSR count). The Morgan fingerprint density at radius 1 is 0.846 bits per heavy atom. The molecule has 0 bridgehead atoms. The van der Waals surface area contributed by atoms with Crippen molar-refractivity contribution in [3.8, 4) is 0 Å².